The smallest absolute Gasteiger partial charge is 0.238 e. The molecule has 0 aromatic heterocycles. The van der Waals surface area contributed by atoms with Gasteiger partial charge < -0.3 is 9.64 Å². The lowest BCUT2D eigenvalue weighted by Crippen LogP contribution is -2.38. The van der Waals surface area contributed by atoms with E-state index in [0.717, 1.165) is 18.8 Å². The van der Waals surface area contributed by atoms with Crippen molar-refractivity contribution >= 4 is 15.7 Å². The maximum absolute atomic E-state index is 11.3. The van der Waals surface area contributed by atoms with Crippen LogP contribution in [-0.2, 0) is 10.0 Å². The summed E-state index contributed by atoms with van der Waals surface area (Å²) in [5, 5.41) is 5.12. The fourth-order valence-electron chi connectivity index (χ4n) is 1.98. The molecule has 0 radical (unpaired) electrons. The predicted octanol–water partition coefficient (Wildman–Crippen LogP) is 0.941. The molecular formula is C11H16N2O3S. The van der Waals surface area contributed by atoms with Gasteiger partial charge >= 0.3 is 0 Å². The van der Waals surface area contributed by atoms with Crippen LogP contribution in [0, 0.1) is 0 Å². The van der Waals surface area contributed by atoms with E-state index in [1.807, 2.05) is 13.8 Å². The number of hydrogen-bond donors (Lipinski definition) is 1. The highest BCUT2D eigenvalue weighted by Gasteiger charge is 2.23. The van der Waals surface area contributed by atoms with E-state index in [0.29, 0.717) is 5.75 Å². The van der Waals surface area contributed by atoms with Crippen LogP contribution in [0.4, 0.5) is 5.69 Å². The first-order chi connectivity index (χ1) is 7.91. The van der Waals surface area contributed by atoms with Crippen molar-refractivity contribution in [1.82, 2.24) is 0 Å². The third kappa shape index (κ3) is 2.37. The Balaban J connectivity index is 2.50. The maximum Gasteiger partial charge on any atom is 0.238 e. The molecule has 17 heavy (non-hydrogen) atoms. The molecule has 0 bridgehead atoms. The van der Waals surface area contributed by atoms with Crippen LogP contribution >= 0.6 is 0 Å². The van der Waals surface area contributed by atoms with Crippen LogP contribution in [0.5, 0.6) is 5.75 Å². The highest BCUT2D eigenvalue weighted by Crippen LogP contribution is 2.34. The Morgan fingerprint density at radius 1 is 1.53 bits per heavy atom. The molecule has 5 nitrogen and oxygen atoms in total. The summed E-state index contributed by atoms with van der Waals surface area (Å²) in [6.45, 7) is 5.55. The predicted molar refractivity (Wildman–Crippen MR) is 65.8 cm³/mol. The summed E-state index contributed by atoms with van der Waals surface area (Å²) in [5.74, 6) is 0.706. The number of anilines is 1. The summed E-state index contributed by atoms with van der Waals surface area (Å²) in [6, 6.07) is 4.70. The molecule has 2 N–H and O–H groups in total. The first-order valence-corrected chi connectivity index (χ1v) is 7.05. The summed E-state index contributed by atoms with van der Waals surface area (Å²) in [6.07, 6.45) is 0.0998. The highest BCUT2D eigenvalue weighted by atomic mass is 32.2. The molecule has 2 rings (SSSR count). The van der Waals surface area contributed by atoms with E-state index in [1.54, 1.807) is 12.1 Å². The standard InChI is InChI=1S/C11H16N2O3S/c1-3-13-7-8(2)16-11-5-4-9(6-10(11)13)17(12,14)15/h4-6,8H,3,7H2,1-2H3,(H2,12,14,15). The Bertz CT molecular complexity index is 528. The number of sulfonamides is 1. The van der Waals surface area contributed by atoms with Gasteiger partial charge in [-0.2, -0.15) is 0 Å². The van der Waals surface area contributed by atoms with Gasteiger partial charge in [0.1, 0.15) is 11.9 Å². The molecule has 1 unspecified atom stereocenters. The Hall–Kier alpha value is -1.27. The van der Waals surface area contributed by atoms with E-state index >= 15 is 0 Å². The van der Waals surface area contributed by atoms with Crippen LogP contribution in [-0.4, -0.2) is 27.6 Å². The van der Waals surface area contributed by atoms with Gasteiger partial charge in [0.15, 0.2) is 0 Å². The van der Waals surface area contributed by atoms with Crippen LogP contribution in [0.25, 0.3) is 0 Å². The molecule has 6 heteroatoms. The zero-order chi connectivity index (χ0) is 12.6. The zero-order valence-corrected chi connectivity index (χ0v) is 10.7. The molecule has 0 saturated carbocycles. The van der Waals surface area contributed by atoms with Gasteiger partial charge in [-0.1, -0.05) is 0 Å². The van der Waals surface area contributed by atoms with Crippen LogP contribution in [0.2, 0.25) is 0 Å². The molecular weight excluding hydrogens is 240 g/mol. The van der Waals surface area contributed by atoms with E-state index in [2.05, 4.69) is 4.90 Å². The first kappa shape index (κ1) is 12.2. The van der Waals surface area contributed by atoms with Gasteiger partial charge in [-0.15, -0.1) is 0 Å². The molecule has 0 spiro atoms. The van der Waals surface area contributed by atoms with Gasteiger partial charge in [0.2, 0.25) is 10.0 Å². The summed E-state index contributed by atoms with van der Waals surface area (Å²) in [5.41, 5.74) is 0.789. The van der Waals surface area contributed by atoms with Crippen molar-refractivity contribution in [2.45, 2.75) is 24.8 Å². The number of rotatable bonds is 2. The molecule has 0 aliphatic carbocycles. The molecule has 0 fully saturated rings. The summed E-state index contributed by atoms with van der Waals surface area (Å²) in [4.78, 5) is 2.20. The number of benzene rings is 1. The Kier molecular flexibility index (Phi) is 3.01. The third-order valence-corrected chi connectivity index (χ3v) is 3.70. The summed E-state index contributed by atoms with van der Waals surface area (Å²) in [7, 11) is -3.66. The minimum absolute atomic E-state index is 0.0998. The van der Waals surface area contributed by atoms with E-state index in [4.69, 9.17) is 9.88 Å². The van der Waals surface area contributed by atoms with E-state index in [9.17, 15) is 8.42 Å². The second-order valence-corrected chi connectivity index (χ2v) is 5.70. The zero-order valence-electron chi connectivity index (χ0n) is 9.88. The average molecular weight is 256 g/mol. The number of primary sulfonamides is 1. The molecule has 1 aliphatic rings. The van der Waals surface area contributed by atoms with Crippen molar-refractivity contribution in [3.05, 3.63) is 18.2 Å². The van der Waals surface area contributed by atoms with Crippen LogP contribution in [0.1, 0.15) is 13.8 Å². The number of nitrogens with zero attached hydrogens (tertiary/aromatic N) is 1. The Morgan fingerprint density at radius 3 is 2.82 bits per heavy atom. The third-order valence-electron chi connectivity index (χ3n) is 2.79. The quantitative estimate of drug-likeness (QED) is 0.854. The summed E-state index contributed by atoms with van der Waals surface area (Å²) >= 11 is 0. The lowest BCUT2D eigenvalue weighted by Gasteiger charge is -2.34. The molecule has 1 aromatic rings. The van der Waals surface area contributed by atoms with Gasteiger partial charge in [-0.05, 0) is 32.0 Å². The van der Waals surface area contributed by atoms with E-state index in [1.165, 1.54) is 6.07 Å². The van der Waals surface area contributed by atoms with Gasteiger partial charge in [-0.25, -0.2) is 13.6 Å². The first-order valence-electron chi connectivity index (χ1n) is 5.50. The van der Waals surface area contributed by atoms with Crippen molar-refractivity contribution in [2.24, 2.45) is 5.14 Å². The Morgan fingerprint density at radius 2 is 2.24 bits per heavy atom. The largest absolute Gasteiger partial charge is 0.487 e. The fourth-order valence-corrected chi connectivity index (χ4v) is 2.52. The average Bonchev–Trinajstić information content (AvgIpc) is 2.25. The van der Waals surface area contributed by atoms with Crippen molar-refractivity contribution in [2.75, 3.05) is 18.0 Å². The number of ether oxygens (including phenoxy) is 1. The molecule has 1 aromatic carbocycles. The van der Waals surface area contributed by atoms with Gasteiger partial charge in [0.25, 0.3) is 0 Å². The molecule has 1 heterocycles. The maximum atomic E-state index is 11.3. The van der Waals surface area contributed by atoms with Crippen LogP contribution < -0.4 is 14.8 Å². The van der Waals surface area contributed by atoms with Crippen molar-refractivity contribution in [3.8, 4) is 5.75 Å². The Labute approximate surface area is 101 Å². The van der Waals surface area contributed by atoms with Gasteiger partial charge in [0.05, 0.1) is 17.1 Å². The normalized spacial score (nSPS) is 19.7. The molecule has 1 atom stereocenters. The van der Waals surface area contributed by atoms with Crippen molar-refractivity contribution in [1.29, 1.82) is 0 Å². The van der Waals surface area contributed by atoms with Crippen molar-refractivity contribution in [3.63, 3.8) is 0 Å². The topological polar surface area (TPSA) is 72.6 Å². The van der Waals surface area contributed by atoms with E-state index in [-0.39, 0.29) is 11.0 Å². The van der Waals surface area contributed by atoms with Crippen LogP contribution in [0.3, 0.4) is 0 Å². The van der Waals surface area contributed by atoms with Gasteiger partial charge in [-0.3, -0.25) is 0 Å². The monoisotopic (exact) mass is 256 g/mol. The SMILES string of the molecule is CCN1CC(C)Oc2ccc(S(N)(=O)=O)cc21. The second kappa shape index (κ2) is 4.19. The van der Waals surface area contributed by atoms with Crippen molar-refractivity contribution < 1.29 is 13.2 Å². The fraction of sp³-hybridized carbons (Fsp3) is 0.455. The minimum atomic E-state index is -3.66. The van der Waals surface area contributed by atoms with E-state index < -0.39 is 10.0 Å². The lowest BCUT2D eigenvalue weighted by atomic mass is 10.2. The number of hydrogen-bond acceptors (Lipinski definition) is 4. The van der Waals surface area contributed by atoms with Gasteiger partial charge in [0, 0.05) is 6.54 Å². The number of fused-ring (bicyclic) bond motifs is 1. The molecule has 0 saturated heterocycles. The van der Waals surface area contributed by atoms with Crippen LogP contribution in [0.15, 0.2) is 23.1 Å². The minimum Gasteiger partial charge on any atom is -0.487 e. The molecule has 0 amide bonds. The molecule has 94 valence electrons. The highest BCUT2D eigenvalue weighted by molar-refractivity contribution is 7.89. The molecule has 1 aliphatic heterocycles. The number of nitrogens with two attached hydrogens (primary N) is 1. The summed E-state index contributed by atoms with van der Waals surface area (Å²) < 4.78 is 28.2. The second-order valence-electron chi connectivity index (χ2n) is 4.14. The lowest BCUT2D eigenvalue weighted by molar-refractivity contribution is 0.213. The number of likely N-dealkylation sites (N-methyl/N-ethyl adjacent to an activating group) is 1.